The molecule has 288 valence electrons. The van der Waals surface area contributed by atoms with Crippen LogP contribution < -0.4 is 19.6 Å². The minimum atomic E-state index is -2.48. The number of hydrogen-bond donors (Lipinski definition) is 13. The first-order valence-electron chi connectivity index (χ1n) is 16.3. The first-order chi connectivity index (χ1) is 25.9. The molecule has 0 amide bonds. The van der Waals surface area contributed by atoms with E-state index in [1.54, 1.807) is 0 Å². The number of hydrogen-bond acceptors (Lipinski definition) is 19. The Bertz CT molecular complexity index is 2450. The molecule has 55 heavy (non-hydrogen) atoms. The van der Waals surface area contributed by atoms with E-state index in [-0.39, 0.29) is 33.8 Å². The van der Waals surface area contributed by atoms with Crippen LogP contribution in [0.2, 0.25) is 0 Å². The number of fused-ring (bicyclic) bond motifs is 8. The fourth-order valence-electron chi connectivity index (χ4n) is 7.20. The average molecular weight is 767 g/mol. The van der Waals surface area contributed by atoms with Crippen molar-refractivity contribution in [3.8, 4) is 80.3 Å². The van der Waals surface area contributed by atoms with Gasteiger partial charge in [-0.2, -0.15) is 0 Å². The molecule has 0 aliphatic carbocycles. The minimum Gasteiger partial charge on any atom is -0.508 e. The smallest absolute Gasteiger partial charge is 0.305 e. The van der Waals surface area contributed by atoms with Crippen LogP contribution in [0.4, 0.5) is 0 Å². The van der Waals surface area contributed by atoms with Crippen LogP contribution in [0.15, 0.2) is 51.7 Å². The fourth-order valence-corrected chi connectivity index (χ4v) is 7.20. The Balaban J connectivity index is 1.44. The lowest BCUT2D eigenvalue weighted by Crippen LogP contribution is -2.58. The molecule has 1 saturated heterocycles. The average Bonchev–Trinajstić information content (AvgIpc) is 3.11. The maximum atomic E-state index is 14.5. The minimum absolute atomic E-state index is 0.214. The zero-order chi connectivity index (χ0) is 39.6. The van der Waals surface area contributed by atoms with Crippen molar-refractivity contribution in [1.29, 1.82) is 0 Å². The van der Waals surface area contributed by atoms with E-state index in [2.05, 4.69) is 0 Å². The Labute approximate surface area is 305 Å². The summed E-state index contributed by atoms with van der Waals surface area (Å²) in [5.74, 6) is -13.8. The molecule has 4 heterocycles. The molecular formula is C36H30O19. The molecule has 3 aliphatic heterocycles. The Morgan fingerprint density at radius 1 is 0.655 bits per heavy atom. The van der Waals surface area contributed by atoms with Crippen molar-refractivity contribution >= 4 is 11.0 Å². The monoisotopic (exact) mass is 766 g/mol. The van der Waals surface area contributed by atoms with E-state index in [0.29, 0.717) is 0 Å². The van der Waals surface area contributed by atoms with Gasteiger partial charge in [-0.3, -0.25) is 4.79 Å². The van der Waals surface area contributed by atoms with E-state index in [1.165, 1.54) is 6.92 Å². The summed E-state index contributed by atoms with van der Waals surface area (Å²) in [5, 5.41) is 138. The molecule has 0 radical (unpaired) electrons. The van der Waals surface area contributed by atoms with Crippen LogP contribution in [0.25, 0.3) is 22.3 Å². The van der Waals surface area contributed by atoms with Gasteiger partial charge in [-0.1, -0.05) is 0 Å². The van der Waals surface area contributed by atoms with E-state index < -0.39 is 128 Å². The quantitative estimate of drug-likeness (QED) is 0.114. The highest BCUT2D eigenvalue weighted by atomic mass is 16.7. The molecule has 0 spiro atoms. The molecule has 0 unspecified atom stereocenters. The first-order valence-corrected chi connectivity index (χ1v) is 16.3. The van der Waals surface area contributed by atoms with Gasteiger partial charge in [-0.15, -0.1) is 0 Å². The van der Waals surface area contributed by atoms with Crippen LogP contribution in [-0.2, 0) is 10.5 Å². The molecule has 1 fully saturated rings. The molecule has 8 rings (SSSR count). The summed E-state index contributed by atoms with van der Waals surface area (Å²) >= 11 is 0. The maximum Gasteiger partial charge on any atom is 0.305 e. The largest absolute Gasteiger partial charge is 0.508 e. The van der Waals surface area contributed by atoms with Gasteiger partial charge in [0.25, 0.3) is 0 Å². The molecule has 4 aromatic carbocycles. The van der Waals surface area contributed by atoms with Crippen molar-refractivity contribution in [2.45, 2.75) is 55.4 Å². The van der Waals surface area contributed by atoms with Gasteiger partial charge in [0.15, 0.2) is 40.3 Å². The molecule has 13 N–H and O–H groups in total. The van der Waals surface area contributed by atoms with Crippen LogP contribution >= 0.6 is 0 Å². The van der Waals surface area contributed by atoms with Gasteiger partial charge in [0, 0.05) is 40.5 Å². The molecule has 3 aliphatic rings. The number of phenols is 9. The van der Waals surface area contributed by atoms with Crippen molar-refractivity contribution in [2.75, 3.05) is 0 Å². The highest BCUT2D eigenvalue weighted by Crippen LogP contribution is 2.61. The second-order valence-corrected chi connectivity index (χ2v) is 13.3. The lowest BCUT2D eigenvalue weighted by Gasteiger charge is -2.49. The Hall–Kier alpha value is -6.51. The number of rotatable bonds is 4. The van der Waals surface area contributed by atoms with Gasteiger partial charge in [0.05, 0.1) is 12.0 Å². The molecule has 1 aromatic heterocycles. The fraction of sp³-hybridized carbons (Fsp3) is 0.250. The Kier molecular flexibility index (Phi) is 7.75. The molecule has 19 heteroatoms. The zero-order valence-corrected chi connectivity index (χ0v) is 27.8. The van der Waals surface area contributed by atoms with Crippen LogP contribution in [-0.4, -0.2) is 103 Å². The van der Waals surface area contributed by atoms with Crippen molar-refractivity contribution in [3.63, 3.8) is 0 Å². The van der Waals surface area contributed by atoms with Crippen LogP contribution in [0, 0.1) is 0 Å². The van der Waals surface area contributed by atoms with Gasteiger partial charge in [-0.05, 0) is 31.2 Å². The van der Waals surface area contributed by atoms with E-state index in [9.17, 15) is 71.2 Å². The van der Waals surface area contributed by atoms with E-state index in [0.717, 1.165) is 42.5 Å². The van der Waals surface area contributed by atoms with Crippen molar-refractivity contribution in [2.24, 2.45) is 0 Å². The third-order valence-corrected chi connectivity index (χ3v) is 9.91. The Morgan fingerprint density at radius 3 is 1.85 bits per heavy atom. The number of phenolic OH excluding ortho intramolecular Hbond substituents is 9. The van der Waals surface area contributed by atoms with E-state index in [1.807, 2.05) is 0 Å². The summed E-state index contributed by atoms with van der Waals surface area (Å²) in [6, 6.07) is 6.33. The standard InChI is InChI=1S/C36H30O19/c1-9-25(44)29(48)30(49)35(51-9)53-33-28(47)22-14(39)8-20-23(32(22)52-31(33)10-2-15(40)26(45)16(41)3-10)24-21-13(38)6-12(37)7-19(21)54-36(55-20,34(24)50)11-4-17(42)27(46)18(43)5-11/h2-9,24-25,29-30,34-35,37-46,48-50H,1H3/t9-,24+,25-,29+,30+,34-,35-,36-/m0/s1. The van der Waals surface area contributed by atoms with Gasteiger partial charge in [0.2, 0.25) is 17.5 Å². The summed E-state index contributed by atoms with van der Waals surface area (Å²) in [5.41, 5.74) is -2.93. The van der Waals surface area contributed by atoms with E-state index in [4.69, 9.17) is 23.4 Å². The van der Waals surface area contributed by atoms with Gasteiger partial charge < -0.3 is 89.7 Å². The summed E-state index contributed by atoms with van der Waals surface area (Å²) in [7, 11) is 0. The maximum absolute atomic E-state index is 14.5. The lowest BCUT2D eigenvalue weighted by molar-refractivity contribution is -0.268. The van der Waals surface area contributed by atoms with Crippen molar-refractivity contribution in [3.05, 3.63) is 69.4 Å². The highest BCUT2D eigenvalue weighted by molar-refractivity contribution is 5.93. The number of benzene rings is 4. The van der Waals surface area contributed by atoms with E-state index >= 15 is 0 Å². The topological polar surface area (TPSA) is 330 Å². The van der Waals surface area contributed by atoms with Gasteiger partial charge in [-0.25, -0.2) is 0 Å². The summed E-state index contributed by atoms with van der Waals surface area (Å²) < 4.78 is 29.8. The Morgan fingerprint density at radius 2 is 1.24 bits per heavy atom. The number of aromatic hydroxyl groups is 9. The predicted octanol–water partition coefficient (Wildman–Crippen LogP) is 1.15. The second-order valence-electron chi connectivity index (χ2n) is 13.3. The van der Waals surface area contributed by atoms with Crippen LogP contribution in [0.5, 0.6) is 69.0 Å². The predicted molar refractivity (Wildman–Crippen MR) is 180 cm³/mol. The van der Waals surface area contributed by atoms with Gasteiger partial charge in [0.1, 0.15) is 64.1 Å². The molecule has 2 bridgehead atoms. The van der Waals surface area contributed by atoms with Crippen LogP contribution in [0.1, 0.15) is 29.5 Å². The second kappa shape index (κ2) is 12.0. The number of aliphatic hydroxyl groups is 4. The van der Waals surface area contributed by atoms with Gasteiger partial charge >= 0.3 is 5.79 Å². The summed E-state index contributed by atoms with van der Waals surface area (Å²) in [6.07, 6.45) is -10.4. The van der Waals surface area contributed by atoms with Crippen molar-refractivity contribution < 1.29 is 89.7 Å². The number of ether oxygens (including phenoxy) is 4. The third kappa shape index (κ3) is 5.05. The molecule has 0 saturated carbocycles. The first kappa shape index (κ1) is 35.5. The SMILES string of the molecule is C[C@@H]1O[C@@H](Oc2c(-c3cc(O)c(O)c(O)c3)oc3c4c(cc(O)c3c2=O)O[C@]2(c3cc(O)c(O)c(O)c3)Oc3cc(O)cc(O)c3[C@H]4[C@@H]2O)[C@H](O)[C@H](O)[C@H]1O. The summed E-state index contributed by atoms with van der Waals surface area (Å²) in [6.45, 7) is 1.33. The van der Waals surface area contributed by atoms with Crippen molar-refractivity contribution in [1.82, 2.24) is 0 Å². The summed E-state index contributed by atoms with van der Waals surface area (Å²) in [4.78, 5) is 14.5. The molecule has 5 aromatic rings. The lowest BCUT2D eigenvalue weighted by atomic mass is 9.75. The van der Waals surface area contributed by atoms with Crippen LogP contribution in [0.3, 0.4) is 0 Å². The molecular weight excluding hydrogens is 736 g/mol. The molecule has 19 nitrogen and oxygen atoms in total. The third-order valence-electron chi connectivity index (χ3n) is 9.91. The zero-order valence-electron chi connectivity index (χ0n) is 27.8. The number of aliphatic hydroxyl groups excluding tert-OH is 4. The molecule has 8 atom stereocenters. The normalized spacial score (nSPS) is 26.7. The highest BCUT2D eigenvalue weighted by Gasteiger charge is 2.60.